The van der Waals surface area contributed by atoms with Crippen LogP contribution in [0, 0.1) is 6.92 Å². The molecule has 2 aliphatic rings. The molecule has 0 spiro atoms. The fourth-order valence-electron chi connectivity index (χ4n) is 4.92. The zero-order chi connectivity index (χ0) is 23.7. The number of carbonyl (C=O) groups excluding carboxylic acids is 2. The Labute approximate surface area is 202 Å². The lowest BCUT2D eigenvalue weighted by Crippen LogP contribution is -2.48. The van der Waals surface area contributed by atoms with Crippen molar-refractivity contribution in [3.05, 3.63) is 57.5 Å². The van der Waals surface area contributed by atoms with Gasteiger partial charge in [0.1, 0.15) is 11.4 Å². The van der Waals surface area contributed by atoms with Gasteiger partial charge in [0.15, 0.2) is 0 Å². The van der Waals surface area contributed by atoms with Crippen LogP contribution in [-0.4, -0.2) is 58.5 Å². The molecule has 2 amide bonds. The maximum atomic E-state index is 13.3. The second-order valence-electron chi connectivity index (χ2n) is 9.08. The molecule has 0 radical (unpaired) electrons. The van der Waals surface area contributed by atoms with Gasteiger partial charge in [0.25, 0.3) is 11.5 Å². The lowest BCUT2D eigenvalue weighted by molar-refractivity contribution is -0.122. The number of nitrogens with zero attached hydrogens (tertiary/aromatic N) is 4. The summed E-state index contributed by atoms with van der Waals surface area (Å²) >= 11 is 1.26. The number of rotatable bonds is 5. The van der Waals surface area contributed by atoms with Gasteiger partial charge in [-0.3, -0.25) is 19.0 Å². The Morgan fingerprint density at radius 1 is 1.09 bits per heavy atom. The first-order valence-corrected chi connectivity index (χ1v) is 12.7. The molecule has 1 saturated carbocycles. The normalized spacial score (nSPS) is 16.9. The van der Waals surface area contributed by atoms with Gasteiger partial charge in [-0.25, -0.2) is 4.98 Å². The summed E-state index contributed by atoms with van der Waals surface area (Å²) in [7, 11) is 0. The van der Waals surface area contributed by atoms with Gasteiger partial charge in [-0.1, -0.05) is 31.0 Å². The van der Waals surface area contributed by atoms with Crippen LogP contribution in [-0.2, 0) is 11.3 Å². The molecule has 2 aromatic heterocycles. The number of anilines is 1. The Balaban J connectivity index is 1.31. The van der Waals surface area contributed by atoms with E-state index in [4.69, 9.17) is 0 Å². The number of hydrogen-bond acceptors (Lipinski definition) is 6. The van der Waals surface area contributed by atoms with Gasteiger partial charge in [-0.05, 0) is 37.5 Å². The van der Waals surface area contributed by atoms with Crippen molar-refractivity contribution in [1.82, 2.24) is 19.8 Å². The minimum Gasteiger partial charge on any atom is -0.368 e. The second-order valence-corrected chi connectivity index (χ2v) is 10.1. The zero-order valence-corrected chi connectivity index (χ0v) is 20.1. The first kappa shape index (κ1) is 22.6. The van der Waals surface area contributed by atoms with Crippen molar-refractivity contribution in [2.24, 2.45) is 0 Å². The summed E-state index contributed by atoms with van der Waals surface area (Å²) in [6.45, 7) is 4.53. The molecular formula is C25H29N5O3S. The predicted molar refractivity (Wildman–Crippen MR) is 134 cm³/mol. The van der Waals surface area contributed by atoms with E-state index in [2.05, 4.69) is 27.3 Å². The smallest absolute Gasteiger partial charge is 0.264 e. The first-order chi connectivity index (χ1) is 16.5. The number of para-hydroxylation sites is 1. The van der Waals surface area contributed by atoms with Crippen molar-refractivity contribution in [3.8, 4) is 0 Å². The molecule has 3 heterocycles. The number of hydrogen-bond donors (Lipinski definition) is 1. The van der Waals surface area contributed by atoms with E-state index < -0.39 is 0 Å². The quantitative estimate of drug-likeness (QED) is 0.608. The number of aromatic nitrogens is 2. The Hall–Kier alpha value is -3.20. The van der Waals surface area contributed by atoms with E-state index in [-0.39, 0.29) is 30.0 Å². The summed E-state index contributed by atoms with van der Waals surface area (Å²) in [4.78, 5) is 48.5. The van der Waals surface area contributed by atoms with Crippen molar-refractivity contribution >= 4 is 39.1 Å². The number of aryl methyl sites for hydroxylation is 1. The van der Waals surface area contributed by atoms with E-state index >= 15 is 0 Å². The number of carbonyl (C=O) groups is 2. The van der Waals surface area contributed by atoms with Gasteiger partial charge >= 0.3 is 0 Å². The summed E-state index contributed by atoms with van der Waals surface area (Å²) in [5.41, 5.74) is 1.54. The molecule has 2 fully saturated rings. The molecule has 1 N–H and O–H groups in total. The highest BCUT2D eigenvalue weighted by Gasteiger charge is 2.27. The van der Waals surface area contributed by atoms with Crippen LogP contribution < -0.4 is 15.8 Å². The molecule has 178 valence electrons. The number of benzene rings is 1. The molecule has 8 nitrogen and oxygen atoms in total. The maximum Gasteiger partial charge on any atom is 0.264 e. The van der Waals surface area contributed by atoms with Crippen molar-refractivity contribution in [2.45, 2.75) is 45.2 Å². The van der Waals surface area contributed by atoms with Crippen LogP contribution in [0.2, 0.25) is 0 Å². The molecule has 0 unspecified atom stereocenters. The average molecular weight is 480 g/mol. The number of fused-ring (bicyclic) bond motifs is 1. The molecule has 1 aliphatic heterocycles. The first-order valence-electron chi connectivity index (χ1n) is 11.9. The van der Waals surface area contributed by atoms with Crippen molar-refractivity contribution in [1.29, 1.82) is 0 Å². The van der Waals surface area contributed by atoms with Crippen LogP contribution in [0.3, 0.4) is 0 Å². The largest absolute Gasteiger partial charge is 0.368 e. The van der Waals surface area contributed by atoms with Gasteiger partial charge in [0.2, 0.25) is 5.91 Å². The third kappa shape index (κ3) is 4.44. The number of nitrogens with one attached hydrogen (secondary N) is 1. The Kier molecular flexibility index (Phi) is 6.36. The summed E-state index contributed by atoms with van der Waals surface area (Å²) in [5, 5.41) is 3.45. The summed E-state index contributed by atoms with van der Waals surface area (Å²) in [6, 6.07) is 10.4. The third-order valence-electron chi connectivity index (χ3n) is 6.83. The van der Waals surface area contributed by atoms with E-state index in [9.17, 15) is 14.4 Å². The number of amides is 2. The van der Waals surface area contributed by atoms with Crippen LogP contribution in [0.15, 0.2) is 41.5 Å². The summed E-state index contributed by atoms with van der Waals surface area (Å²) in [5.74, 6) is -0.228. The maximum absolute atomic E-state index is 13.3. The van der Waals surface area contributed by atoms with Gasteiger partial charge in [-0.15, -0.1) is 11.3 Å². The molecule has 3 aromatic rings. The molecule has 9 heteroatoms. The Morgan fingerprint density at radius 2 is 1.79 bits per heavy atom. The summed E-state index contributed by atoms with van der Waals surface area (Å²) < 4.78 is 1.35. The highest BCUT2D eigenvalue weighted by atomic mass is 32.1. The number of piperazine rings is 1. The molecule has 1 aromatic carbocycles. The van der Waals surface area contributed by atoms with E-state index in [1.165, 1.54) is 22.2 Å². The van der Waals surface area contributed by atoms with Crippen molar-refractivity contribution in [2.75, 3.05) is 31.1 Å². The second kappa shape index (κ2) is 9.58. The molecule has 1 aliphatic carbocycles. The van der Waals surface area contributed by atoms with Crippen LogP contribution in [0.5, 0.6) is 0 Å². The monoisotopic (exact) mass is 479 g/mol. The average Bonchev–Trinajstić information content (AvgIpc) is 3.49. The predicted octanol–water partition coefficient (Wildman–Crippen LogP) is 2.79. The van der Waals surface area contributed by atoms with Crippen molar-refractivity contribution < 1.29 is 9.59 Å². The van der Waals surface area contributed by atoms with Crippen molar-refractivity contribution in [3.63, 3.8) is 0 Å². The van der Waals surface area contributed by atoms with E-state index in [1.54, 1.807) is 6.92 Å². The Morgan fingerprint density at radius 3 is 2.50 bits per heavy atom. The van der Waals surface area contributed by atoms with Crippen LogP contribution in [0.25, 0.3) is 10.2 Å². The van der Waals surface area contributed by atoms with Crippen LogP contribution in [0.1, 0.15) is 40.9 Å². The highest BCUT2D eigenvalue weighted by Crippen LogP contribution is 2.28. The fourth-order valence-corrected chi connectivity index (χ4v) is 6.03. The van der Waals surface area contributed by atoms with Gasteiger partial charge in [0.05, 0.1) is 16.6 Å². The molecule has 0 bridgehead atoms. The molecule has 1 saturated heterocycles. The molecular weight excluding hydrogens is 450 g/mol. The Bertz CT molecular complexity index is 1250. The minimum absolute atomic E-state index is 0.0573. The fraction of sp³-hybridized carbons (Fsp3) is 0.440. The van der Waals surface area contributed by atoms with Crippen LogP contribution in [0.4, 0.5) is 5.69 Å². The van der Waals surface area contributed by atoms with Gasteiger partial charge in [0, 0.05) is 37.9 Å². The number of thiophene rings is 1. The SMILES string of the molecule is Cc1c(C(=O)N2CCN(c3ccccc3)CC2)sc2ncn(CC(=O)NC3CCCC3)c(=O)c12. The van der Waals surface area contributed by atoms with Crippen LogP contribution >= 0.6 is 11.3 Å². The summed E-state index contributed by atoms with van der Waals surface area (Å²) in [6.07, 6.45) is 5.66. The topological polar surface area (TPSA) is 87.5 Å². The van der Waals surface area contributed by atoms with E-state index in [0.29, 0.717) is 33.7 Å². The minimum atomic E-state index is -0.270. The standard InChI is InChI=1S/C25H29N5O3S/c1-17-21-23(26-16-30(24(21)32)15-20(31)27-18-7-5-6-8-18)34-22(17)25(33)29-13-11-28(12-14-29)19-9-3-2-4-10-19/h2-4,9-10,16,18H,5-8,11-15H2,1H3,(H,27,31). The van der Waals surface area contributed by atoms with Gasteiger partial charge < -0.3 is 15.1 Å². The lowest BCUT2D eigenvalue weighted by Gasteiger charge is -2.36. The third-order valence-corrected chi connectivity index (χ3v) is 8.02. The molecule has 34 heavy (non-hydrogen) atoms. The highest BCUT2D eigenvalue weighted by molar-refractivity contribution is 7.20. The molecule has 0 atom stereocenters. The van der Waals surface area contributed by atoms with E-state index in [0.717, 1.165) is 44.5 Å². The lowest BCUT2D eigenvalue weighted by atomic mass is 10.2. The molecule has 5 rings (SSSR count). The zero-order valence-electron chi connectivity index (χ0n) is 19.3. The van der Waals surface area contributed by atoms with Gasteiger partial charge in [-0.2, -0.15) is 0 Å². The van der Waals surface area contributed by atoms with E-state index in [1.807, 2.05) is 23.1 Å².